The lowest BCUT2D eigenvalue weighted by atomic mass is 9.86. The highest BCUT2D eigenvalue weighted by atomic mass is 32.2. The van der Waals surface area contributed by atoms with Crippen molar-refractivity contribution in [3.63, 3.8) is 0 Å². The number of carbonyl (C=O) groups is 1. The van der Waals surface area contributed by atoms with Crippen LogP contribution in [0.3, 0.4) is 0 Å². The van der Waals surface area contributed by atoms with Gasteiger partial charge >= 0.3 is 0 Å². The third-order valence-corrected chi connectivity index (χ3v) is 4.86. The van der Waals surface area contributed by atoms with Gasteiger partial charge in [0.15, 0.2) is 9.84 Å². The molecule has 0 aliphatic heterocycles. The summed E-state index contributed by atoms with van der Waals surface area (Å²) in [6, 6.07) is 7.84. The van der Waals surface area contributed by atoms with Crippen LogP contribution in [0.25, 0.3) is 0 Å². The van der Waals surface area contributed by atoms with Crippen LogP contribution in [0.4, 0.5) is 0 Å². The minimum absolute atomic E-state index is 0.121. The summed E-state index contributed by atoms with van der Waals surface area (Å²) in [6.07, 6.45) is 0.954. The largest absolute Gasteiger partial charge is 0.388 e. The van der Waals surface area contributed by atoms with Gasteiger partial charge in [0.1, 0.15) is 0 Å². The van der Waals surface area contributed by atoms with Gasteiger partial charge in [-0.15, -0.1) is 0 Å². The van der Waals surface area contributed by atoms with E-state index in [0.29, 0.717) is 0 Å². The number of benzene rings is 1. The smallest absolute Gasteiger partial charge is 0.245 e. The lowest BCUT2D eigenvalue weighted by molar-refractivity contribution is -0.121. The number of rotatable bonds is 5. The van der Waals surface area contributed by atoms with E-state index in [1.165, 1.54) is 12.1 Å². The van der Waals surface area contributed by atoms with Crippen LogP contribution in [0, 0.1) is 0 Å². The molecule has 0 fully saturated rings. The van der Waals surface area contributed by atoms with E-state index < -0.39 is 26.9 Å². The highest BCUT2D eigenvalue weighted by Crippen LogP contribution is 2.20. The Morgan fingerprint density at radius 2 is 1.67 bits per heavy atom. The maximum atomic E-state index is 12.0. The molecule has 0 atom stereocenters. The molecule has 0 saturated heterocycles. The van der Waals surface area contributed by atoms with E-state index in [-0.39, 0.29) is 4.90 Å². The highest BCUT2D eigenvalue weighted by molar-refractivity contribution is 7.94. The maximum Gasteiger partial charge on any atom is 0.245 e. The highest BCUT2D eigenvalue weighted by Gasteiger charge is 2.35. The fourth-order valence-corrected chi connectivity index (χ4v) is 2.34. The summed E-state index contributed by atoms with van der Waals surface area (Å²) < 4.78 is 24.0. The van der Waals surface area contributed by atoms with Crippen LogP contribution < -0.4 is 5.32 Å². The Hall–Kier alpha value is -1.66. The SMILES string of the molecule is CC(C)(O)C(C)(C)NC(=O)/C=C/S(=O)(=O)c1ccccc1. The van der Waals surface area contributed by atoms with Crippen molar-refractivity contribution in [2.75, 3.05) is 0 Å². The van der Waals surface area contributed by atoms with E-state index in [1.54, 1.807) is 45.9 Å². The second-order valence-corrected chi connectivity index (χ2v) is 7.67. The van der Waals surface area contributed by atoms with Crippen molar-refractivity contribution in [3.05, 3.63) is 41.8 Å². The standard InChI is InChI=1S/C15H21NO4S/c1-14(2,15(3,4)18)16-13(17)10-11-21(19,20)12-8-6-5-7-9-12/h5-11,18H,1-4H3,(H,16,17)/b11-10+. The maximum absolute atomic E-state index is 12.0. The lowest BCUT2D eigenvalue weighted by Gasteiger charge is -2.37. The third kappa shape index (κ3) is 4.68. The molecule has 0 aromatic heterocycles. The van der Waals surface area contributed by atoms with E-state index >= 15 is 0 Å². The zero-order valence-corrected chi connectivity index (χ0v) is 13.4. The number of carbonyl (C=O) groups excluding carboxylic acids is 1. The van der Waals surface area contributed by atoms with Gasteiger partial charge in [0.2, 0.25) is 5.91 Å². The van der Waals surface area contributed by atoms with E-state index in [0.717, 1.165) is 11.5 Å². The van der Waals surface area contributed by atoms with E-state index in [9.17, 15) is 18.3 Å². The van der Waals surface area contributed by atoms with Gasteiger partial charge in [0, 0.05) is 11.5 Å². The van der Waals surface area contributed by atoms with E-state index in [1.807, 2.05) is 0 Å². The average Bonchev–Trinajstić information content (AvgIpc) is 2.36. The van der Waals surface area contributed by atoms with E-state index in [2.05, 4.69) is 5.32 Å². The van der Waals surface area contributed by atoms with Crippen molar-refractivity contribution in [2.45, 2.75) is 43.7 Å². The summed E-state index contributed by atoms with van der Waals surface area (Å²) in [7, 11) is -3.65. The fourth-order valence-electron chi connectivity index (χ4n) is 1.34. The third-order valence-electron chi connectivity index (χ3n) is 3.44. The Labute approximate surface area is 125 Å². The summed E-state index contributed by atoms with van der Waals surface area (Å²) >= 11 is 0. The van der Waals surface area contributed by atoms with Gasteiger partial charge < -0.3 is 10.4 Å². The number of amides is 1. The quantitative estimate of drug-likeness (QED) is 0.810. The first kappa shape index (κ1) is 17.4. The van der Waals surface area contributed by atoms with Crippen LogP contribution in [0.1, 0.15) is 27.7 Å². The van der Waals surface area contributed by atoms with Gasteiger partial charge in [-0.25, -0.2) is 8.42 Å². The van der Waals surface area contributed by atoms with Gasteiger partial charge in [0.05, 0.1) is 16.0 Å². The van der Waals surface area contributed by atoms with Crippen molar-refractivity contribution in [2.24, 2.45) is 0 Å². The van der Waals surface area contributed by atoms with Gasteiger partial charge in [-0.2, -0.15) is 0 Å². The molecule has 0 aliphatic rings. The second-order valence-electron chi connectivity index (χ2n) is 5.83. The van der Waals surface area contributed by atoms with Gasteiger partial charge in [-0.05, 0) is 39.8 Å². The zero-order valence-electron chi connectivity index (χ0n) is 12.6. The molecule has 2 N–H and O–H groups in total. The monoisotopic (exact) mass is 311 g/mol. The molecule has 1 amide bonds. The molecule has 1 aromatic rings. The molecule has 0 spiro atoms. The Morgan fingerprint density at radius 1 is 1.14 bits per heavy atom. The van der Waals surface area contributed by atoms with Crippen LogP contribution in [0.2, 0.25) is 0 Å². The summed E-state index contributed by atoms with van der Waals surface area (Å²) in [4.78, 5) is 11.9. The number of hydrogen-bond acceptors (Lipinski definition) is 4. The van der Waals surface area contributed by atoms with Crippen LogP contribution in [0.5, 0.6) is 0 Å². The van der Waals surface area contributed by atoms with Crippen LogP contribution >= 0.6 is 0 Å². The predicted octanol–water partition coefficient (Wildman–Crippen LogP) is 1.64. The molecule has 0 saturated carbocycles. The summed E-state index contributed by atoms with van der Waals surface area (Å²) in [5, 5.41) is 13.4. The molecule has 1 rings (SSSR count). The molecule has 0 radical (unpaired) electrons. The number of nitrogens with one attached hydrogen (secondary N) is 1. The molecule has 21 heavy (non-hydrogen) atoms. The summed E-state index contributed by atoms with van der Waals surface area (Å²) in [5.41, 5.74) is -2.04. The Morgan fingerprint density at radius 3 is 2.14 bits per heavy atom. The molecular weight excluding hydrogens is 290 g/mol. The first-order chi connectivity index (χ1) is 9.46. The second kappa shape index (κ2) is 5.99. The normalized spacial score (nSPS) is 13.4. The average molecular weight is 311 g/mol. The summed E-state index contributed by atoms with van der Waals surface area (Å²) in [5.74, 6) is -0.582. The number of aliphatic hydroxyl groups is 1. The molecule has 0 bridgehead atoms. The van der Waals surface area contributed by atoms with Gasteiger partial charge in [0.25, 0.3) is 0 Å². The Bertz CT molecular complexity index is 625. The minimum Gasteiger partial charge on any atom is -0.388 e. The number of sulfone groups is 1. The Balaban J connectivity index is 2.85. The van der Waals surface area contributed by atoms with Gasteiger partial charge in [-0.1, -0.05) is 18.2 Å². The zero-order chi connectivity index (χ0) is 16.3. The van der Waals surface area contributed by atoms with Crippen LogP contribution in [-0.2, 0) is 14.6 Å². The molecule has 0 unspecified atom stereocenters. The summed E-state index contributed by atoms with van der Waals surface area (Å²) in [6.45, 7) is 6.45. The van der Waals surface area contributed by atoms with Crippen molar-refractivity contribution >= 4 is 15.7 Å². The molecule has 5 nitrogen and oxygen atoms in total. The molecule has 6 heteroatoms. The molecule has 0 aliphatic carbocycles. The fraction of sp³-hybridized carbons (Fsp3) is 0.400. The molecule has 0 heterocycles. The van der Waals surface area contributed by atoms with Crippen molar-refractivity contribution < 1.29 is 18.3 Å². The number of hydrogen-bond donors (Lipinski definition) is 2. The van der Waals surface area contributed by atoms with Gasteiger partial charge in [-0.3, -0.25) is 4.79 Å². The molecule has 1 aromatic carbocycles. The van der Waals surface area contributed by atoms with Crippen molar-refractivity contribution in [3.8, 4) is 0 Å². The lowest BCUT2D eigenvalue weighted by Crippen LogP contribution is -2.57. The van der Waals surface area contributed by atoms with Crippen LogP contribution in [0.15, 0.2) is 46.7 Å². The first-order valence-electron chi connectivity index (χ1n) is 6.48. The topological polar surface area (TPSA) is 83.5 Å². The van der Waals surface area contributed by atoms with E-state index in [4.69, 9.17) is 0 Å². The minimum atomic E-state index is -3.65. The van der Waals surface area contributed by atoms with Crippen molar-refractivity contribution in [1.82, 2.24) is 5.32 Å². The molecular formula is C15H21NO4S. The van der Waals surface area contributed by atoms with Crippen molar-refractivity contribution in [1.29, 1.82) is 0 Å². The Kier molecular flexibility index (Phi) is 4.96. The first-order valence-corrected chi connectivity index (χ1v) is 8.03. The molecule has 116 valence electrons. The predicted molar refractivity (Wildman–Crippen MR) is 81.3 cm³/mol. The van der Waals surface area contributed by atoms with Crippen LogP contribution in [-0.4, -0.2) is 30.6 Å².